The smallest absolute Gasteiger partial charge is 0.277 e. The van der Waals surface area contributed by atoms with E-state index in [1.165, 1.54) is 15.8 Å². The molecule has 0 saturated carbocycles. The second-order valence-corrected chi connectivity index (χ2v) is 9.16. The number of carbonyl (C=O) groups is 4. The van der Waals surface area contributed by atoms with Gasteiger partial charge in [0.15, 0.2) is 5.69 Å². The van der Waals surface area contributed by atoms with Crippen LogP contribution in [0.5, 0.6) is 0 Å². The number of imide groups is 1. The molecule has 3 heterocycles. The van der Waals surface area contributed by atoms with Crippen LogP contribution >= 0.6 is 0 Å². The van der Waals surface area contributed by atoms with Crippen LogP contribution in [0.25, 0.3) is 5.69 Å². The Labute approximate surface area is 204 Å². The standard InChI is InChI=1S/C25H21FN6O4/c26-22-16-3-1-2-13(16)4-7-18(22)27-23(34)19-12-32(30-29-19)15-5-6-17-14(10-15)11-31(25(17)36)20-8-9-21(33)28-24(20)35/h4-7,10,12,20H,1-3,8-9,11H2,(H,27,34)(H,28,33,35). The topological polar surface area (TPSA) is 126 Å². The van der Waals surface area contributed by atoms with Gasteiger partial charge >= 0.3 is 0 Å². The lowest BCUT2D eigenvalue weighted by Gasteiger charge is -2.29. The third-order valence-corrected chi connectivity index (χ3v) is 6.96. The summed E-state index contributed by atoms with van der Waals surface area (Å²) in [6.45, 7) is 0.216. The molecule has 1 saturated heterocycles. The molecule has 0 spiro atoms. The molecule has 0 bridgehead atoms. The highest BCUT2D eigenvalue weighted by molar-refractivity contribution is 6.05. The summed E-state index contributed by atoms with van der Waals surface area (Å²) in [6.07, 6.45) is 4.28. The number of nitrogens with one attached hydrogen (secondary N) is 2. The molecule has 2 aliphatic heterocycles. The van der Waals surface area contributed by atoms with Gasteiger partial charge in [-0.3, -0.25) is 24.5 Å². The minimum Gasteiger partial charge on any atom is -0.322 e. The molecule has 36 heavy (non-hydrogen) atoms. The number of rotatable bonds is 4. The number of fused-ring (bicyclic) bond motifs is 2. The molecule has 11 heteroatoms. The summed E-state index contributed by atoms with van der Waals surface area (Å²) in [5, 5.41) is 12.8. The number of anilines is 1. The molecule has 1 atom stereocenters. The Morgan fingerprint density at radius 1 is 1.08 bits per heavy atom. The number of benzene rings is 2. The van der Waals surface area contributed by atoms with E-state index in [1.54, 1.807) is 24.3 Å². The van der Waals surface area contributed by atoms with Crippen molar-refractivity contribution in [3.8, 4) is 5.69 Å². The van der Waals surface area contributed by atoms with E-state index in [0.717, 1.165) is 18.4 Å². The Balaban J connectivity index is 1.19. The molecule has 1 aliphatic carbocycles. The van der Waals surface area contributed by atoms with E-state index in [0.29, 0.717) is 28.8 Å². The van der Waals surface area contributed by atoms with Gasteiger partial charge in [-0.25, -0.2) is 9.07 Å². The van der Waals surface area contributed by atoms with Crippen LogP contribution < -0.4 is 10.6 Å². The number of carbonyl (C=O) groups excluding carboxylic acids is 4. The van der Waals surface area contributed by atoms with Gasteiger partial charge in [-0.2, -0.15) is 0 Å². The van der Waals surface area contributed by atoms with Crippen molar-refractivity contribution in [2.75, 3.05) is 5.32 Å². The molecule has 4 amide bonds. The highest BCUT2D eigenvalue weighted by atomic mass is 19.1. The van der Waals surface area contributed by atoms with Gasteiger partial charge in [0, 0.05) is 18.5 Å². The minimum atomic E-state index is -0.702. The van der Waals surface area contributed by atoms with E-state index in [2.05, 4.69) is 20.9 Å². The van der Waals surface area contributed by atoms with Crippen LogP contribution in [0.15, 0.2) is 36.5 Å². The van der Waals surface area contributed by atoms with Crippen molar-refractivity contribution in [3.05, 3.63) is 70.3 Å². The van der Waals surface area contributed by atoms with Crippen molar-refractivity contribution in [3.63, 3.8) is 0 Å². The van der Waals surface area contributed by atoms with Gasteiger partial charge in [-0.05, 0) is 66.6 Å². The van der Waals surface area contributed by atoms with Gasteiger partial charge < -0.3 is 10.2 Å². The largest absolute Gasteiger partial charge is 0.322 e. The third kappa shape index (κ3) is 3.63. The number of aryl methyl sites for hydroxylation is 1. The van der Waals surface area contributed by atoms with Crippen LogP contribution in [0.2, 0.25) is 0 Å². The monoisotopic (exact) mass is 488 g/mol. The second kappa shape index (κ2) is 8.36. The first kappa shape index (κ1) is 22.1. The van der Waals surface area contributed by atoms with E-state index < -0.39 is 23.7 Å². The Morgan fingerprint density at radius 3 is 2.78 bits per heavy atom. The van der Waals surface area contributed by atoms with Crippen molar-refractivity contribution in [2.45, 2.75) is 44.7 Å². The van der Waals surface area contributed by atoms with Gasteiger partial charge in [0.1, 0.15) is 11.9 Å². The summed E-state index contributed by atoms with van der Waals surface area (Å²) in [7, 11) is 0. The normalized spacial score (nSPS) is 18.8. The van der Waals surface area contributed by atoms with Gasteiger partial charge in [0.2, 0.25) is 11.8 Å². The van der Waals surface area contributed by atoms with E-state index >= 15 is 0 Å². The summed E-state index contributed by atoms with van der Waals surface area (Å²) < 4.78 is 16.2. The third-order valence-electron chi connectivity index (χ3n) is 6.96. The van der Waals surface area contributed by atoms with Gasteiger partial charge in [-0.15, -0.1) is 5.10 Å². The number of aromatic nitrogens is 3. The van der Waals surface area contributed by atoms with E-state index in [1.807, 2.05) is 6.07 Å². The fourth-order valence-corrected chi connectivity index (χ4v) is 5.10. The lowest BCUT2D eigenvalue weighted by Crippen LogP contribution is -2.52. The number of hydrogen-bond acceptors (Lipinski definition) is 6. The Kier molecular flexibility index (Phi) is 5.13. The maximum Gasteiger partial charge on any atom is 0.277 e. The number of halogens is 1. The molecule has 3 aliphatic rings. The molecule has 2 aromatic carbocycles. The summed E-state index contributed by atoms with van der Waals surface area (Å²) >= 11 is 0. The molecular weight excluding hydrogens is 467 g/mol. The number of piperidine rings is 1. The fraction of sp³-hybridized carbons (Fsp3) is 0.280. The zero-order valence-corrected chi connectivity index (χ0v) is 19.1. The predicted molar refractivity (Wildman–Crippen MR) is 124 cm³/mol. The molecule has 182 valence electrons. The molecule has 10 nitrogen and oxygen atoms in total. The first-order valence-electron chi connectivity index (χ1n) is 11.7. The quantitative estimate of drug-likeness (QED) is 0.541. The molecule has 2 N–H and O–H groups in total. The number of nitrogens with zero attached hydrogens (tertiary/aromatic N) is 4. The van der Waals surface area contributed by atoms with Crippen LogP contribution in [0.1, 0.15) is 56.8 Å². The summed E-state index contributed by atoms with van der Waals surface area (Å²) in [5.74, 6) is -2.08. The van der Waals surface area contributed by atoms with E-state index in [9.17, 15) is 23.6 Å². The molecule has 1 fully saturated rings. The van der Waals surface area contributed by atoms with Crippen LogP contribution in [0, 0.1) is 5.82 Å². The lowest BCUT2D eigenvalue weighted by molar-refractivity contribution is -0.136. The van der Waals surface area contributed by atoms with Crippen molar-refractivity contribution >= 4 is 29.3 Å². The Morgan fingerprint density at radius 2 is 1.94 bits per heavy atom. The van der Waals surface area contributed by atoms with Gasteiger partial charge in [-0.1, -0.05) is 11.3 Å². The predicted octanol–water partition coefficient (Wildman–Crippen LogP) is 1.91. The molecule has 0 radical (unpaired) electrons. The van der Waals surface area contributed by atoms with Crippen LogP contribution in [0.4, 0.5) is 10.1 Å². The van der Waals surface area contributed by atoms with E-state index in [4.69, 9.17) is 0 Å². The SMILES string of the molecule is O=C1CCC(N2Cc3cc(-n4cc(C(=O)Nc5ccc6c(c5F)CCC6)nn4)ccc3C2=O)C(=O)N1. The number of hydrogen-bond donors (Lipinski definition) is 2. The van der Waals surface area contributed by atoms with Crippen molar-refractivity contribution in [1.29, 1.82) is 0 Å². The minimum absolute atomic E-state index is 0.0108. The van der Waals surface area contributed by atoms with Crippen molar-refractivity contribution in [2.24, 2.45) is 0 Å². The highest BCUT2D eigenvalue weighted by Crippen LogP contribution is 2.30. The summed E-state index contributed by atoms with van der Waals surface area (Å²) in [6, 6.07) is 7.75. The zero-order chi connectivity index (χ0) is 25.0. The second-order valence-electron chi connectivity index (χ2n) is 9.16. The molecule has 3 aromatic rings. The maximum absolute atomic E-state index is 14.8. The first-order chi connectivity index (χ1) is 17.4. The van der Waals surface area contributed by atoms with Crippen LogP contribution in [0.3, 0.4) is 0 Å². The summed E-state index contributed by atoms with van der Waals surface area (Å²) in [4.78, 5) is 50.7. The molecule has 1 unspecified atom stereocenters. The average molecular weight is 488 g/mol. The first-order valence-corrected chi connectivity index (χ1v) is 11.7. The summed E-state index contributed by atoms with van der Waals surface area (Å²) in [5.41, 5.74) is 3.48. The van der Waals surface area contributed by atoms with Gasteiger partial charge in [0.25, 0.3) is 11.8 Å². The Bertz CT molecular complexity index is 1460. The van der Waals surface area contributed by atoms with Crippen molar-refractivity contribution < 1.29 is 23.6 Å². The molecule has 6 rings (SSSR count). The van der Waals surface area contributed by atoms with Crippen molar-refractivity contribution in [1.82, 2.24) is 25.2 Å². The average Bonchev–Trinajstić information content (AvgIpc) is 3.60. The maximum atomic E-state index is 14.8. The highest BCUT2D eigenvalue weighted by Gasteiger charge is 2.39. The zero-order valence-electron chi connectivity index (χ0n) is 19.1. The van der Waals surface area contributed by atoms with E-state index in [-0.39, 0.29) is 42.6 Å². The van der Waals surface area contributed by atoms with Crippen LogP contribution in [-0.4, -0.2) is 49.6 Å². The molecule has 1 aromatic heterocycles. The van der Waals surface area contributed by atoms with Gasteiger partial charge in [0.05, 0.1) is 17.6 Å². The van der Waals surface area contributed by atoms with Crippen LogP contribution in [-0.2, 0) is 29.0 Å². The lowest BCUT2D eigenvalue weighted by atomic mass is 10.0. The molecular formula is C25H21FN6O4. The Hall–Kier alpha value is -4.41. The number of amides is 4. The fourth-order valence-electron chi connectivity index (χ4n) is 5.10.